The predicted octanol–water partition coefficient (Wildman–Crippen LogP) is 2.79. The van der Waals surface area contributed by atoms with Gasteiger partial charge in [-0.15, -0.1) is 0 Å². The maximum Gasteiger partial charge on any atom is 0.0492 e. The highest BCUT2D eigenvalue weighted by Gasteiger charge is 2.26. The van der Waals surface area contributed by atoms with Crippen LogP contribution in [0.4, 0.5) is 0 Å². The van der Waals surface area contributed by atoms with Crippen molar-refractivity contribution < 1.29 is 0 Å². The number of hydrogen-bond donors (Lipinski definition) is 1. The van der Waals surface area contributed by atoms with Gasteiger partial charge in [-0.25, -0.2) is 0 Å². The van der Waals surface area contributed by atoms with Crippen molar-refractivity contribution in [3.8, 4) is 0 Å². The number of nitrogens with one attached hydrogen (secondary N) is 1. The van der Waals surface area contributed by atoms with Gasteiger partial charge in [-0.2, -0.15) is 5.10 Å². The molecular formula is C14H25N3. The predicted molar refractivity (Wildman–Crippen MR) is 71.1 cm³/mol. The molecule has 1 N–H and O–H groups in total. The Hall–Kier alpha value is -0.830. The summed E-state index contributed by atoms with van der Waals surface area (Å²) in [7, 11) is 2.07. The van der Waals surface area contributed by atoms with Crippen LogP contribution in [-0.4, -0.2) is 23.4 Å². The molecule has 96 valence electrons. The number of aromatic nitrogens is 2. The minimum Gasteiger partial charge on any atom is -0.319 e. The molecule has 2 rings (SSSR count). The second-order valence-corrected chi connectivity index (χ2v) is 5.13. The Bertz CT molecular complexity index is 332. The SMILES string of the molecule is CCn1nccc1C1CCCCCC1CNC. The number of nitrogens with zero attached hydrogens (tertiary/aromatic N) is 2. The van der Waals surface area contributed by atoms with Gasteiger partial charge in [0.2, 0.25) is 0 Å². The van der Waals surface area contributed by atoms with E-state index in [0.29, 0.717) is 5.92 Å². The van der Waals surface area contributed by atoms with Crippen LogP contribution in [0.1, 0.15) is 50.6 Å². The first-order valence-electron chi connectivity index (χ1n) is 7.03. The van der Waals surface area contributed by atoms with Crippen LogP contribution in [0.5, 0.6) is 0 Å². The minimum absolute atomic E-state index is 0.701. The van der Waals surface area contributed by atoms with Crippen molar-refractivity contribution in [1.29, 1.82) is 0 Å². The second-order valence-electron chi connectivity index (χ2n) is 5.13. The molecular weight excluding hydrogens is 210 g/mol. The first kappa shape index (κ1) is 12.6. The van der Waals surface area contributed by atoms with E-state index in [0.717, 1.165) is 19.0 Å². The molecule has 0 spiro atoms. The van der Waals surface area contributed by atoms with Crippen LogP contribution in [0.25, 0.3) is 0 Å². The molecule has 0 radical (unpaired) electrons. The van der Waals surface area contributed by atoms with Crippen molar-refractivity contribution in [3.05, 3.63) is 18.0 Å². The van der Waals surface area contributed by atoms with E-state index < -0.39 is 0 Å². The largest absolute Gasteiger partial charge is 0.319 e. The Morgan fingerprint density at radius 1 is 1.35 bits per heavy atom. The highest BCUT2D eigenvalue weighted by molar-refractivity contribution is 5.10. The first-order valence-corrected chi connectivity index (χ1v) is 7.03. The van der Waals surface area contributed by atoms with E-state index in [1.54, 1.807) is 0 Å². The standard InChI is InChI=1S/C14H25N3/c1-3-17-14(9-10-16-17)13-8-6-4-5-7-12(13)11-15-2/h9-10,12-13,15H,3-8,11H2,1-2H3. The summed E-state index contributed by atoms with van der Waals surface area (Å²) in [5, 5.41) is 7.80. The van der Waals surface area contributed by atoms with E-state index in [9.17, 15) is 0 Å². The summed E-state index contributed by atoms with van der Waals surface area (Å²) in [6, 6.07) is 2.22. The Balaban J connectivity index is 2.19. The zero-order valence-corrected chi connectivity index (χ0v) is 11.2. The number of hydrogen-bond acceptors (Lipinski definition) is 2. The molecule has 3 nitrogen and oxygen atoms in total. The molecule has 0 bridgehead atoms. The minimum atomic E-state index is 0.701. The molecule has 3 heteroatoms. The Morgan fingerprint density at radius 3 is 2.94 bits per heavy atom. The molecule has 1 aromatic rings. The van der Waals surface area contributed by atoms with Gasteiger partial charge in [-0.1, -0.05) is 19.3 Å². The van der Waals surface area contributed by atoms with Crippen molar-refractivity contribution in [2.45, 2.75) is 51.5 Å². The van der Waals surface area contributed by atoms with Gasteiger partial charge in [-0.05, 0) is 45.3 Å². The van der Waals surface area contributed by atoms with Gasteiger partial charge in [0, 0.05) is 24.4 Å². The average molecular weight is 235 g/mol. The van der Waals surface area contributed by atoms with Crippen LogP contribution in [0.3, 0.4) is 0 Å². The zero-order chi connectivity index (χ0) is 12.1. The fraction of sp³-hybridized carbons (Fsp3) is 0.786. The molecule has 0 saturated heterocycles. The quantitative estimate of drug-likeness (QED) is 0.813. The van der Waals surface area contributed by atoms with E-state index in [1.165, 1.54) is 37.8 Å². The van der Waals surface area contributed by atoms with E-state index in [1.807, 2.05) is 6.20 Å². The van der Waals surface area contributed by atoms with Crippen molar-refractivity contribution in [1.82, 2.24) is 15.1 Å². The lowest BCUT2D eigenvalue weighted by molar-refractivity contribution is 0.366. The van der Waals surface area contributed by atoms with Crippen molar-refractivity contribution >= 4 is 0 Å². The summed E-state index contributed by atoms with van der Waals surface area (Å²) < 4.78 is 2.18. The van der Waals surface area contributed by atoms with Crippen LogP contribution >= 0.6 is 0 Å². The van der Waals surface area contributed by atoms with Gasteiger partial charge < -0.3 is 5.32 Å². The van der Waals surface area contributed by atoms with Crippen molar-refractivity contribution in [2.75, 3.05) is 13.6 Å². The molecule has 1 heterocycles. The molecule has 0 aromatic carbocycles. The van der Waals surface area contributed by atoms with Crippen molar-refractivity contribution in [3.63, 3.8) is 0 Å². The summed E-state index contributed by atoms with van der Waals surface area (Å²) in [5.41, 5.74) is 1.45. The van der Waals surface area contributed by atoms with Crippen molar-refractivity contribution in [2.24, 2.45) is 5.92 Å². The fourth-order valence-corrected chi connectivity index (χ4v) is 3.20. The maximum atomic E-state index is 4.43. The highest BCUT2D eigenvalue weighted by Crippen LogP contribution is 2.36. The smallest absolute Gasteiger partial charge is 0.0492 e. The van der Waals surface area contributed by atoms with Gasteiger partial charge in [0.15, 0.2) is 0 Å². The number of aryl methyl sites for hydroxylation is 1. The van der Waals surface area contributed by atoms with Crippen LogP contribution in [0.2, 0.25) is 0 Å². The Kier molecular flexibility index (Phi) is 4.60. The van der Waals surface area contributed by atoms with Gasteiger partial charge in [0.1, 0.15) is 0 Å². The van der Waals surface area contributed by atoms with Crippen LogP contribution < -0.4 is 5.32 Å². The third-order valence-electron chi connectivity index (χ3n) is 4.05. The monoisotopic (exact) mass is 235 g/mol. The molecule has 1 fully saturated rings. The topological polar surface area (TPSA) is 29.9 Å². The highest BCUT2D eigenvalue weighted by atomic mass is 15.3. The first-order chi connectivity index (χ1) is 8.36. The second kappa shape index (κ2) is 6.20. The summed E-state index contributed by atoms with van der Waals surface area (Å²) in [5.74, 6) is 1.48. The molecule has 1 saturated carbocycles. The molecule has 1 aromatic heterocycles. The van der Waals surface area contributed by atoms with Crippen LogP contribution in [-0.2, 0) is 6.54 Å². The Labute approximate surface area is 105 Å². The lowest BCUT2D eigenvalue weighted by Gasteiger charge is -2.25. The average Bonchev–Trinajstić information content (AvgIpc) is 2.70. The van der Waals surface area contributed by atoms with E-state index in [-0.39, 0.29) is 0 Å². The molecule has 2 unspecified atom stereocenters. The Morgan fingerprint density at radius 2 is 2.18 bits per heavy atom. The van der Waals surface area contributed by atoms with Gasteiger partial charge in [0.25, 0.3) is 0 Å². The van der Waals surface area contributed by atoms with E-state index >= 15 is 0 Å². The maximum absolute atomic E-state index is 4.43. The normalized spacial score (nSPS) is 25.8. The molecule has 1 aliphatic rings. The van der Waals surface area contributed by atoms with Gasteiger partial charge >= 0.3 is 0 Å². The van der Waals surface area contributed by atoms with E-state index in [2.05, 4.69) is 35.1 Å². The number of rotatable bonds is 4. The lowest BCUT2D eigenvalue weighted by atomic mass is 9.85. The van der Waals surface area contributed by atoms with Crippen LogP contribution in [0, 0.1) is 5.92 Å². The molecule has 0 amide bonds. The summed E-state index contributed by atoms with van der Waals surface area (Å²) in [6.07, 6.45) is 8.82. The fourth-order valence-electron chi connectivity index (χ4n) is 3.20. The third-order valence-corrected chi connectivity index (χ3v) is 4.05. The summed E-state index contributed by atoms with van der Waals surface area (Å²) in [6.45, 7) is 4.31. The van der Waals surface area contributed by atoms with Gasteiger partial charge in [0.05, 0.1) is 0 Å². The lowest BCUT2D eigenvalue weighted by Crippen LogP contribution is -2.25. The molecule has 0 aliphatic heterocycles. The zero-order valence-electron chi connectivity index (χ0n) is 11.2. The van der Waals surface area contributed by atoms with Crippen LogP contribution in [0.15, 0.2) is 12.3 Å². The molecule has 2 atom stereocenters. The summed E-state index contributed by atoms with van der Waals surface area (Å²) in [4.78, 5) is 0. The summed E-state index contributed by atoms with van der Waals surface area (Å²) >= 11 is 0. The third kappa shape index (κ3) is 2.89. The molecule has 17 heavy (non-hydrogen) atoms. The van der Waals surface area contributed by atoms with E-state index in [4.69, 9.17) is 0 Å². The van der Waals surface area contributed by atoms with Gasteiger partial charge in [-0.3, -0.25) is 4.68 Å². The molecule has 1 aliphatic carbocycles.